The third kappa shape index (κ3) is 2.96. The standard InChI is InChI=1S/C22H20N4O4/c27-19-16-6-12-23-14-17(16)22(30-19)10-8-21(29,9-11-22)20(28)24-18-7-13-26(25-18)15-4-2-1-3-5-15/h1-7,12-14,29H,8-11H2,(H,24,25,28). The molecule has 2 N–H and O–H groups in total. The van der Waals surface area contributed by atoms with Gasteiger partial charge in [-0.15, -0.1) is 0 Å². The summed E-state index contributed by atoms with van der Waals surface area (Å²) >= 11 is 0. The van der Waals surface area contributed by atoms with Gasteiger partial charge in [-0.05, 0) is 43.9 Å². The number of nitrogens with one attached hydrogen (secondary N) is 1. The molecule has 1 aromatic carbocycles. The Balaban J connectivity index is 1.29. The number of esters is 1. The van der Waals surface area contributed by atoms with E-state index in [0.717, 1.165) is 11.3 Å². The normalized spacial score (nSPS) is 25.0. The Kier molecular flexibility index (Phi) is 4.18. The molecule has 0 radical (unpaired) electrons. The number of aromatic nitrogens is 3. The zero-order valence-corrected chi connectivity index (χ0v) is 16.1. The van der Waals surface area contributed by atoms with E-state index in [1.54, 1.807) is 35.4 Å². The molecule has 1 amide bonds. The van der Waals surface area contributed by atoms with Gasteiger partial charge in [-0.1, -0.05) is 18.2 Å². The largest absolute Gasteiger partial charge is 0.450 e. The summed E-state index contributed by atoms with van der Waals surface area (Å²) in [4.78, 5) is 29.1. The first-order valence-corrected chi connectivity index (χ1v) is 9.82. The number of pyridine rings is 1. The van der Waals surface area contributed by atoms with Crippen molar-refractivity contribution in [2.45, 2.75) is 36.9 Å². The first-order chi connectivity index (χ1) is 14.5. The van der Waals surface area contributed by atoms with Gasteiger partial charge in [0.15, 0.2) is 5.82 Å². The molecule has 0 bridgehead atoms. The van der Waals surface area contributed by atoms with Crippen molar-refractivity contribution >= 4 is 17.7 Å². The molecule has 3 heterocycles. The summed E-state index contributed by atoms with van der Waals surface area (Å²) in [6.07, 6.45) is 5.97. The molecular formula is C22H20N4O4. The van der Waals surface area contributed by atoms with Gasteiger partial charge in [0.2, 0.25) is 0 Å². The number of fused-ring (bicyclic) bond motifs is 2. The number of nitrogens with zero attached hydrogens (tertiary/aromatic N) is 3. The Bertz CT molecular complexity index is 1120. The lowest BCUT2D eigenvalue weighted by molar-refractivity contribution is -0.144. The average Bonchev–Trinajstić information content (AvgIpc) is 3.35. The van der Waals surface area contributed by atoms with Gasteiger partial charge in [0.25, 0.3) is 5.91 Å². The Morgan fingerprint density at radius 3 is 2.63 bits per heavy atom. The highest BCUT2D eigenvalue weighted by Crippen LogP contribution is 2.49. The molecule has 30 heavy (non-hydrogen) atoms. The fraction of sp³-hybridized carbons (Fsp3) is 0.273. The Morgan fingerprint density at radius 1 is 1.10 bits per heavy atom. The van der Waals surface area contributed by atoms with Crippen molar-refractivity contribution in [3.05, 3.63) is 72.2 Å². The van der Waals surface area contributed by atoms with Gasteiger partial charge in [-0.2, -0.15) is 5.10 Å². The van der Waals surface area contributed by atoms with Crippen molar-refractivity contribution in [2.75, 3.05) is 5.32 Å². The third-order valence-corrected chi connectivity index (χ3v) is 5.98. The van der Waals surface area contributed by atoms with Crippen LogP contribution in [0.1, 0.15) is 41.6 Å². The minimum Gasteiger partial charge on any atom is -0.450 e. The van der Waals surface area contributed by atoms with Crippen LogP contribution in [0.5, 0.6) is 0 Å². The van der Waals surface area contributed by atoms with E-state index in [2.05, 4.69) is 15.4 Å². The highest BCUT2D eigenvalue weighted by molar-refractivity contribution is 5.97. The van der Waals surface area contributed by atoms with Crippen molar-refractivity contribution < 1.29 is 19.4 Å². The van der Waals surface area contributed by atoms with Gasteiger partial charge in [0.1, 0.15) is 11.2 Å². The lowest BCUT2D eigenvalue weighted by atomic mass is 9.73. The van der Waals surface area contributed by atoms with Gasteiger partial charge in [-0.3, -0.25) is 9.78 Å². The fourth-order valence-corrected chi connectivity index (χ4v) is 4.24. The van der Waals surface area contributed by atoms with E-state index in [0.29, 0.717) is 24.2 Å². The Hall–Kier alpha value is -3.52. The second-order valence-electron chi connectivity index (χ2n) is 7.77. The number of carbonyl (C=O) groups is 2. The molecule has 2 aliphatic rings. The van der Waals surface area contributed by atoms with Crippen LogP contribution in [-0.4, -0.2) is 37.3 Å². The van der Waals surface area contributed by atoms with Crippen LogP contribution in [0.25, 0.3) is 5.69 Å². The SMILES string of the molecule is O=C1OC2(CCC(O)(C(=O)Nc3ccn(-c4ccccc4)n3)CC2)c2cnccc21. The van der Waals surface area contributed by atoms with Crippen LogP contribution in [0, 0.1) is 0 Å². The van der Waals surface area contributed by atoms with Crippen molar-refractivity contribution in [1.29, 1.82) is 0 Å². The van der Waals surface area contributed by atoms with Crippen molar-refractivity contribution in [3.8, 4) is 5.69 Å². The van der Waals surface area contributed by atoms with E-state index in [-0.39, 0.29) is 18.8 Å². The number of ether oxygens (including phenoxy) is 1. The maximum Gasteiger partial charge on any atom is 0.339 e. The first-order valence-electron chi connectivity index (χ1n) is 9.82. The number of aliphatic hydroxyl groups is 1. The lowest BCUT2D eigenvalue weighted by Gasteiger charge is -2.40. The van der Waals surface area contributed by atoms with Crippen LogP contribution in [0.2, 0.25) is 0 Å². The smallest absolute Gasteiger partial charge is 0.339 e. The van der Waals surface area contributed by atoms with E-state index in [9.17, 15) is 14.7 Å². The van der Waals surface area contributed by atoms with Crippen molar-refractivity contribution in [2.24, 2.45) is 0 Å². The minimum atomic E-state index is -1.56. The van der Waals surface area contributed by atoms with Crippen LogP contribution < -0.4 is 5.32 Å². The van der Waals surface area contributed by atoms with Crippen molar-refractivity contribution in [3.63, 3.8) is 0 Å². The molecule has 0 saturated heterocycles. The van der Waals surface area contributed by atoms with Crippen LogP contribution in [0.3, 0.4) is 0 Å². The molecule has 8 heteroatoms. The maximum atomic E-state index is 12.8. The van der Waals surface area contributed by atoms with Gasteiger partial charge in [0.05, 0.1) is 11.3 Å². The summed E-state index contributed by atoms with van der Waals surface area (Å²) in [5.74, 6) is -0.528. The number of benzene rings is 1. The summed E-state index contributed by atoms with van der Waals surface area (Å²) in [6, 6.07) is 12.8. The zero-order chi connectivity index (χ0) is 20.8. The van der Waals surface area contributed by atoms with Crippen LogP contribution in [-0.2, 0) is 15.1 Å². The average molecular weight is 404 g/mol. The monoisotopic (exact) mass is 404 g/mol. The number of hydrogen-bond donors (Lipinski definition) is 2. The van der Waals surface area contributed by atoms with Crippen molar-refractivity contribution in [1.82, 2.24) is 14.8 Å². The summed E-state index contributed by atoms with van der Waals surface area (Å²) in [7, 11) is 0. The second-order valence-corrected chi connectivity index (χ2v) is 7.77. The molecule has 1 aliphatic heterocycles. The molecule has 1 aliphatic carbocycles. The summed E-state index contributed by atoms with van der Waals surface area (Å²) in [6.45, 7) is 0. The van der Waals surface area contributed by atoms with E-state index < -0.39 is 17.1 Å². The van der Waals surface area contributed by atoms with Gasteiger partial charge in [-0.25, -0.2) is 9.48 Å². The lowest BCUT2D eigenvalue weighted by Crippen LogP contribution is -2.49. The van der Waals surface area contributed by atoms with Crippen LogP contribution >= 0.6 is 0 Å². The molecule has 2 aromatic heterocycles. The maximum absolute atomic E-state index is 12.8. The highest BCUT2D eigenvalue weighted by Gasteiger charge is 2.53. The summed E-state index contributed by atoms with van der Waals surface area (Å²) < 4.78 is 7.32. The molecule has 0 atom stereocenters. The molecule has 1 spiro atoms. The minimum absolute atomic E-state index is 0.167. The number of hydrogen-bond acceptors (Lipinski definition) is 6. The fourth-order valence-electron chi connectivity index (χ4n) is 4.24. The van der Waals surface area contributed by atoms with Gasteiger partial charge in [0, 0.05) is 30.2 Å². The number of anilines is 1. The summed E-state index contributed by atoms with van der Waals surface area (Å²) in [5.41, 5.74) is -0.265. The quantitative estimate of drug-likeness (QED) is 0.650. The van der Waals surface area contributed by atoms with Gasteiger partial charge < -0.3 is 15.2 Å². The van der Waals surface area contributed by atoms with E-state index in [1.807, 2.05) is 30.3 Å². The Labute approximate surface area is 172 Å². The molecule has 5 rings (SSSR count). The number of rotatable bonds is 3. The van der Waals surface area contributed by atoms with E-state index in [1.165, 1.54) is 0 Å². The molecule has 1 saturated carbocycles. The van der Waals surface area contributed by atoms with Gasteiger partial charge >= 0.3 is 5.97 Å². The topological polar surface area (TPSA) is 106 Å². The van der Waals surface area contributed by atoms with Crippen LogP contribution in [0.4, 0.5) is 5.82 Å². The number of para-hydroxylation sites is 1. The first kappa shape index (κ1) is 18.5. The molecule has 0 unspecified atom stereocenters. The summed E-state index contributed by atoms with van der Waals surface area (Å²) in [5, 5.41) is 18.0. The Morgan fingerprint density at radius 2 is 1.87 bits per heavy atom. The second kappa shape index (κ2) is 6.77. The number of carbonyl (C=O) groups excluding carboxylic acids is 2. The number of amides is 1. The molecule has 1 fully saturated rings. The zero-order valence-electron chi connectivity index (χ0n) is 16.1. The van der Waals surface area contributed by atoms with E-state index in [4.69, 9.17) is 4.74 Å². The predicted octanol–water partition coefficient (Wildman–Crippen LogP) is 2.58. The molecule has 3 aromatic rings. The molecule has 152 valence electrons. The third-order valence-electron chi connectivity index (χ3n) is 5.98. The highest BCUT2D eigenvalue weighted by atomic mass is 16.6. The molecule has 8 nitrogen and oxygen atoms in total. The molecular weight excluding hydrogens is 384 g/mol. The van der Waals surface area contributed by atoms with E-state index >= 15 is 0 Å². The predicted molar refractivity (Wildman–Crippen MR) is 107 cm³/mol. The van der Waals surface area contributed by atoms with Crippen LogP contribution in [0.15, 0.2) is 61.1 Å².